The van der Waals surface area contributed by atoms with Crippen LogP contribution in [0.2, 0.25) is 0 Å². The minimum absolute atomic E-state index is 0.766. The van der Waals surface area contributed by atoms with Gasteiger partial charge in [-0.3, -0.25) is 0 Å². The van der Waals surface area contributed by atoms with Crippen molar-refractivity contribution in [2.45, 2.75) is 51.4 Å². The lowest BCUT2D eigenvalue weighted by Gasteiger charge is -2.25. The van der Waals surface area contributed by atoms with Crippen LogP contribution in [0.4, 0.5) is 0 Å². The maximum Gasteiger partial charge on any atom is 0.00880 e. The summed E-state index contributed by atoms with van der Waals surface area (Å²) in [5.41, 5.74) is 0.766. The number of halogens is 1. The monoisotopic (exact) mass is 230 g/mol. The zero-order valence-electron chi connectivity index (χ0n) is 7.82. The van der Waals surface area contributed by atoms with Gasteiger partial charge in [0.1, 0.15) is 0 Å². The quantitative estimate of drug-likeness (QED) is 0.640. The van der Waals surface area contributed by atoms with E-state index in [1.54, 1.807) is 0 Å². The summed E-state index contributed by atoms with van der Waals surface area (Å²) >= 11 is 3.66. The largest absolute Gasteiger partial charge is 0.0922 e. The molecule has 70 valence electrons. The molecule has 0 bridgehead atoms. The Morgan fingerprint density at radius 2 is 1.75 bits per heavy atom. The van der Waals surface area contributed by atoms with Crippen molar-refractivity contribution in [1.29, 1.82) is 0 Å². The van der Waals surface area contributed by atoms with Crippen LogP contribution in [0.1, 0.15) is 51.4 Å². The Morgan fingerprint density at radius 3 is 2.25 bits per heavy atom. The Hall–Kier alpha value is 0.480. The minimum atomic E-state index is 0.766. The third-order valence-electron chi connectivity index (χ3n) is 3.69. The van der Waals surface area contributed by atoms with Crippen LogP contribution in [-0.2, 0) is 0 Å². The van der Waals surface area contributed by atoms with Gasteiger partial charge in [0.2, 0.25) is 0 Å². The Balaban J connectivity index is 1.77. The lowest BCUT2D eigenvalue weighted by molar-refractivity contribution is 0.290. The maximum atomic E-state index is 3.66. The molecule has 0 N–H and O–H groups in total. The molecule has 2 fully saturated rings. The van der Waals surface area contributed by atoms with E-state index < -0.39 is 0 Å². The molecule has 0 spiro atoms. The van der Waals surface area contributed by atoms with Gasteiger partial charge in [-0.1, -0.05) is 48.0 Å². The minimum Gasteiger partial charge on any atom is -0.0922 e. The summed E-state index contributed by atoms with van der Waals surface area (Å²) in [5.74, 6) is 1.08. The highest BCUT2D eigenvalue weighted by Crippen LogP contribution is 2.53. The first-order valence-corrected chi connectivity index (χ1v) is 6.53. The van der Waals surface area contributed by atoms with Gasteiger partial charge in [-0.2, -0.15) is 0 Å². The van der Waals surface area contributed by atoms with E-state index in [1.807, 2.05) is 0 Å². The first-order chi connectivity index (χ1) is 5.85. The van der Waals surface area contributed by atoms with Crippen LogP contribution in [0, 0.1) is 11.3 Å². The molecule has 0 unspecified atom stereocenters. The van der Waals surface area contributed by atoms with E-state index in [0.717, 1.165) is 11.3 Å². The molecule has 0 radical (unpaired) electrons. The summed E-state index contributed by atoms with van der Waals surface area (Å²) in [7, 11) is 0. The lowest BCUT2D eigenvalue weighted by Crippen LogP contribution is -2.13. The molecule has 0 heterocycles. The van der Waals surface area contributed by atoms with Gasteiger partial charge < -0.3 is 0 Å². The number of alkyl halides is 1. The highest BCUT2D eigenvalue weighted by molar-refractivity contribution is 9.09. The van der Waals surface area contributed by atoms with Crippen LogP contribution in [0.25, 0.3) is 0 Å². The van der Waals surface area contributed by atoms with E-state index in [0.29, 0.717) is 0 Å². The second-order valence-corrected chi connectivity index (χ2v) is 5.40. The number of hydrogen-bond donors (Lipinski definition) is 0. The van der Waals surface area contributed by atoms with Crippen LogP contribution in [0.3, 0.4) is 0 Å². The third kappa shape index (κ3) is 2.04. The topological polar surface area (TPSA) is 0 Å². The van der Waals surface area contributed by atoms with E-state index in [1.165, 1.54) is 56.7 Å². The average Bonchev–Trinajstić information content (AvgIpc) is 2.88. The van der Waals surface area contributed by atoms with Gasteiger partial charge in [0.15, 0.2) is 0 Å². The van der Waals surface area contributed by atoms with Gasteiger partial charge in [0.05, 0.1) is 0 Å². The van der Waals surface area contributed by atoms with Gasteiger partial charge in [-0.05, 0) is 30.6 Å². The van der Waals surface area contributed by atoms with Crippen molar-refractivity contribution < 1.29 is 0 Å². The summed E-state index contributed by atoms with van der Waals surface area (Å²) in [6.45, 7) is 0. The molecule has 2 saturated carbocycles. The Labute approximate surface area is 84.2 Å². The molecule has 0 aromatic carbocycles. The zero-order chi connectivity index (χ0) is 8.44. The zero-order valence-corrected chi connectivity index (χ0v) is 9.41. The summed E-state index contributed by atoms with van der Waals surface area (Å²) in [4.78, 5) is 0. The fraction of sp³-hybridized carbons (Fsp3) is 1.00. The van der Waals surface area contributed by atoms with E-state index >= 15 is 0 Å². The van der Waals surface area contributed by atoms with Crippen molar-refractivity contribution in [1.82, 2.24) is 0 Å². The van der Waals surface area contributed by atoms with Gasteiger partial charge in [-0.15, -0.1) is 0 Å². The molecule has 0 atom stereocenters. The molecule has 0 aromatic heterocycles. The molecule has 1 heteroatoms. The van der Waals surface area contributed by atoms with Crippen molar-refractivity contribution in [3.63, 3.8) is 0 Å². The molecule has 0 saturated heterocycles. The Bertz CT molecular complexity index is 143. The fourth-order valence-corrected chi connectivity index (χ4v) is 3.36. The van der Waals surface area contributed by atoms with Crippen molar-refractivity contribution in [2.75, 3.05) is 5.33 Å². The van der Waals surface area contributed by atoms with E-state index in [2.05, 4.69) is 15.9 Å². The van der Waals surface area contributed by atoms with E-state index in [4.69, 9.17) is 0 Å². The van der Waals surface area contributed by atoms with Gasteiger partial charge in [-0.25, -0.2) is 0 Å². The molecule has 2 aliphatic rings. The molecule has 0 aliphatic heterocycles. The van der Waals surface area contributed by atoms with Crippen LogP contribution in [0.5, 0.6) is 0 Å². The van der Waals surface area contributed by atoms with Gasteiger partial charge >= 0.3 is 0 Å². The van der Waals surface area contributed by atoms with Crippen LogP contribution < -0.4 is 0 Å². The average molecular weight is 231 g/mol. The molecule has 0 amide bonds. The first-order valence-electron chi connectivity index (χ1n) is 5.41. The van der Waals surface area contributed by atoms with Crippen molar-refractivity contribution in [3.05, 3.63) is 0 Å². The Kier molecular flexibility index (Phi) is 2.78. The Morgan fingerprint density at radius 1 is 1.08 bits per heavy atom. The van der Waals surface area contributed by atoms with Crippen LogP contribution >= 0.6 is 15.9 Å². The lowest BCUT2D eigenvalue weighted by atomic mass is 9.82. The summed E-state index contributed by atoms with van der Waals surface area (Å²) in [5, 5.41) is 1.26. The van der Waals surface area contributed by atoms with Crippen molar-refractivity contribution in [3.8, 4) is 0 Å². The van der Waals surface area contributed by atoms with E-state index in [-0.39, 0.29) is 0 Å². The smallest absolute Gasteiger partial charge is 0.00880 e. The third-order valence-corrected chi connectivity index (χ3v) is 4.88. The van der Waals surface area contributed by atoms with E-state index in [9.17, 15) is 0 Å². The van der Waals surface area contributed by atoms with Crippen molar-refractivity contribution in [2.24, 2.45) is 11.3 Å². The van der Waals surface area contributed by atoms with Gasteiger partial charge in [0, 0.05) is 5.33 Å². The summed E-state index contributed by atoms with van der Waals surface area (Å²) in [6, 6.07) is 0. The maximum absolute atomic E-state index is 3.66. The molecule has 2 aliphatic carbocycles. The molecule has 2 rings (SSSR count). The van der Waals surface area contributed by atoms with Crippen molar-refractivity contribution >= 4 is 15.9 Å². The fourth-order valence-electron chi connectivity index (χ4n) is 2.57. The molecule has 12 heavy (non-hydrogen) atoms. The predicted octanol–water partition coefficient (Wildman–Crippen LogP) is 4.13. The number of hydrogen-bond acceptors (Lipinski definition) is 0. The summed E-state index contributed by atoms with van der Waals surface area (Å²) < 4.78 is 0. The van der Waals surface area contributed by atoms with Gasteiger partial charge in [0.25, 0.3) is 0 Å². The van der Waals surface area contributed by atoms with Crippen LogP contribution in [-0.4, -0.2) is 5.33 Å². The second kappa shape index (κ2) is 3.69. The highest BCUT2D eigenvalue weighted by Gasteiger charge is 2.42. The standard InChI is InChI=1S/C11H19Br/c12-9-11(6-7-11)8-10-4-2-1-3-5-10/h10H,1-9H2. The second-order valence-electron chi connectivity index (χ2n) is 4.84. The predicted molar refractivity (Wildman–Crippen MR) is 56.7 cm³/mol. The van der Waals surface area contributed by atoms with Crippen LogP contribution in [0.15, 0.2) is 0 Å². The molecule has 0 nitrogen and oxygen atoms in total. The highest BCUT2D eigenvalue weighted by atomic mass is 79.9. The first kappa shape index (κ1) is 9.05. The summed E-state index contributed by atoms with van der Waals surface area (Å²) in [6.07, 6.45) is 12.1. The molecular formula is C11H19Br. The normalized spacial score (nSPS) is 28.8. The SMILES string of the molecule is BrCC1(CC2CCCCC2)CC1. The number of rotatable bonds is 3. The molecule has 0 aromatic rings. The molecular weight excluding hydrogens is 212 g/mol.